The summed E-state index contributed by atoms with van der Waals surface area (Å²) in [4.78, 5) is 16.7. The average molecular weight is 395 g/mol. The van der Waals surface area contributed by atoms with Crippen LogP contribution in [0.2, 0.25) is 0 Å². The molecule has 0 radical (unpaired) electrons. The van der Waals surface area contributed by atoms with Crippen LogP contribution in [0.5, 0.6) is 17.2 Å². The predicted octanol–water partition coefficient (Wildman–Crippen LogP) is 3.93. The minimum Gasteiger partial charge on any atom is -0.497 e. The Hall–Kier alpha value is -3.39. The quantitative estimate of drug-likeness (QED) is 0.483. The number of ether oxygens (including phenoxy) is 3. The van der Waals surface area contributed by atoms with Gasteiger partial charge >= 0.3 is 0 Å². The second-order valence-electron chi connectivity index (χ2n) is 5.93. The first-order valence-electron chi connectivity index (χ1n) is 8.48. The number of fused-ring (bicyclic) bond motifs is 1. The zero-order valence-corrected chi connectivity index (χ0v) is 16.1. The van der Waals surface area contributed by atoms with Crippen LogP contribution in [0.15, 0.2) is 52.9 Å². The summed E-state index contributed by atoms with van der Waals surface area (Å²) in [5.74, 6) is 1.91. The monoisotopic (exact) mass is 395 g/mol. The molecular formula is C20H17N3O4S. The molecule has 2 heterocycles. The maximum Gasteiger partial charge on any atom is 0.246 e. The van der Waals surface area contributed by atoms with Crippen molar-refractivity contribution in [1.29, 1.82) is 0 Å². The van der Waals surface area contributed by atoms with Gasteiger partial charge < -0.3 is 14.2 Å². The van der Waals surface area contributed by atoms with Gasteiger partial charge in [-0.15, -0.1) is 11.3 Å². The van der Waals surface area contributed by atoms with Crippen molar-refractivity contribution in [2.75, 3.05) is 18.9 Å². The Bertz CT molecular complexity index is 1030. The van der Waals surface area contributed by atoms with Crippen molar-refractivity contribution >= 4 is 28.6 Å². The highest BCUT2D eigenvalue weighted by Crippen LogP contribution is 2.32. The molecule has 1 aromatic heterocycles. The van der Waals surface area contributed by atoms with E-state index in [0.717, 1.165) is 22.6 Å². The topological polar surface area (TPSA) is 73.2 Å². The lowest BCUT2D eigenvalue weighted by atomic mass is 10.2. The number of hydrazone groups is 1. The van der Waals surface area contributed by atoms with Crippen LogP contribution >= 0.6 is 11.3 Å². The van der Waals surface area contributed by atoms with Crippen molar-refractivity contribution in [1.82, 2.24) is 4.98 Å². The third-order valence-corrected chi connectivity index (χ3v) is 4.89. The van der Waals surface area contributed by atoms with E-state index in [1.807, 2.05) is 47.8 Å². The Morgan fingerprint density at radius 2 is 2.00 bits per heavy atom. The number of benzene rings is 2. The fourth-order valence-corrected chi connectivity index (χ4v) is 3.47. The van der Waals surface area contributed by atoms with Crippen molar-refractivity contribution in [2.45, 2.75) is 6.92 Å². The number of hydrogen-bond donors (Lipinski definition) is 0. The first-order valence-corrected chi connectivity index (χ1v) is 9.36. The van der Waals surface area contributed by atoms with Crippen molar-refractivity contribution in [3.8, 4) is 28.5 Å². The number of nitrogens with zero attached hydrogens (tertiary/aromatic N) is 3. The highest BCUT2D eigenvalue weighted by Gasteiger charge is 2.16. The van der Waals surface area contributed by atoms with Crippen LogP contribution in [0, 0.1) is 0 Å². The van der Waals surface area contributed by atoms with Gasteiger partial charge in [0.2, 0.25) is 17.8 Å². The molecule has 0 saturated carbocycles. The Morgan fingerprint density at radius 3 is 2.75 bits per heavy atom. The second-order valence-corrected chi connectivity index (χ2v) is 6.77. The van der Waals surface area contributed by atoms with E-state index in [1.54, 1.807) is 13.3 Å². The molecule has 0 atom stereocenters. The molecule has 28 heavy (non-hydrogen) atoms. The largest absolute Gasteiger partial charge is 0.497 e. The van der Waals surface area contributed by atoms with Gasteiger partial charge in [-0.1, -0.05) is 0 Å². The normalized spacial score (nSPS) is 12.4. The van der Waals surface area contributed by atoms with Crippen LogP contribution in [0.1, 0.15) is 12.5 Å². The smallest absolute Gasteiger partial charge is 0.246 e. The minimum absolute atomic E-state index is 0.211. The summed E-state index contributed by atoms with van der Waals surface area (Å²) >= 11 is 1.35. The Kier molecular flexibility index (Phi) is 4.94. The molecule has 3 aromatic rings. The van der Waals surface area contributed by atoms with Crippen LogP contribution in [-0.2, 0) is 4.79 Å². The van der Waals surface area contributed by atoms with Gasteiger partial charge in [-0.2, -0.15) is 10.1 Å². The number of amides is 1. The zero-order chi connectivity index (χ0) is 19.5. The lowest BCUT2D eigenvalue weighted by Crippen LogP contribution is -2.22. The molecule has 0 fully saturated rings. The minimum atomic E-state index is -0.229. The first kappa shape index (κ1) is 18.0. The summed E-state index contributed by atoms with van der Waals surface area (Å²) < 4.78 is 15.8. The maximum atomic E-state index is 12.1. The van der Waals surface area contributed by atoms with Gasteiger partial charge in [-0.25, -0.2) is 4.98 Å². The van der Waals surface area contributed by atoms with Gasteiger partial charge in [0.05, 0.1) is 19.0 Å². The number of carbonyl (C=O) groups excluding carboxylic acids is 1. The molecule has 7 nitrogen and oxygen atoms in total. The van der Waals surface area contributed by atoms with Crippen molar-refractivity contribution in [3.05, 3.63) is 53.4 Å². The van der Waals surface area contributed by atoms with E-state index in [2.05, 4.69) is 10.1 Å². The summed E-state index contributed by atoms with van der Waals surface area (Å²) in [7, 11) is 1.62. The summed E-state index contributed by atoms with van der Waals surface area (Å²) in [6, 6.07) is 13.1. The SMILES string of the molecule is COc1ccc(-c2csc(N(/N=C\c3ccc4c(c3)OCO4)C(C)=O)n2)cc1. The van der Waals surface area contributed by atoms with Gasteiger partial charge in [-0.05, 0) is 48.0 Å². The molecule has 142 valence electrons. The molecule has 2 aromatic carbocycles. The Balaban J connectivity index is 1.56. The molecule has 1 aliphatic heterocycles. The van der Waals surface area contributed by atoms with E-state index in [4.69, 9.17) is 14.2 Å². The summed E-state index contributed by atoms with van der Waals surface area (Å²) in [6.45, 7) is 1.66. The number of rotatable bonds is 5. The molecule has 0 spiro atoms. The Morgan fingerprint density at radius 1 is 1.21 bits per heavy atom. The number of hydrogen-bond acceptors (Lipinski definition) is 7. The summed E-state index contributed by atoms with van der Waals surface area (Å²) in [6.07, 6.45) is 1.60. The van der Waals surface area contributed by atoms with Gasteiger partial charge in [0.1, 0.15) is 5.75 Å². The summed E-state index contributed by atoms with van der Waals surface area (Å²) in [5, 5.41) is 7.98. The number of carbonyl (C=O) groups is 1. The van der Waals surface area contributed by atoms with Crippen molar-refractivity contribution in [3.63, 3.8) is 0 Å². The highest BCUT2D eigenvalue weighted by molar-refractivity contribution is 7.14. The van der Waals surface area contributed by atoms with Crippen LogP contribution in [0.4, 0.5) is 5.13 Å². The molecule has 0 aliphatic carbocycles. The fourth-order valence-electron chi connectivity index (χ4n) is 2.64. The molecule has 0 N–H and O–H groups in total. The van der Waals surface area contributed by atoms with Gasteiger partial charge in [-0.3, -0.25) is 4.79 Å². The average Bonchev–Trinajstić information content (AvgIpc) is 3.37. The van der Waals surface area contributed by atoms with Crippen LogP contribution in [0.25, 0.3) is 11.3 Å². The highest BCUT2D eigenvalue weighted by atomic mass is 32.1. The third kappa shape index (κ3) is 3.67. The van der Waals surface area contributed by atoms with Crippen molar-refractivity contribution in [2.24, 2.45) is 5.10 Å². The molecular weight excluding hydrogens is 378 g/mol. The molecule has 0 saturated heterocycles. The van der Waals surface area contributed by atoms with Gasteiger partial charge in [0, 0.05) is 17.9 Å². The number of methoxy groups -OCH3 is 1. The molecule has 1 aliphatic rings. The van der Waals surface area contributed by atoms with E-state index in [0.29, 0.717) is 16.6 Å². The molecule has 1 amide bonds. The van der Waals surface area contributed by atoms with E-state index in [1.165, 1.54) is 23.3 Å². The van der Waals surface area contributed by atoms with Gasteiger partial charge in [0.15, 0.2) is 11.5 Å². The number of anilines is 1. The van der Waals surface area contributed by atoms with Gasteiger partial charge in [0.25, 0.3) is 0 Å². The van der Waals surface area contributed by atoms with Crippen LogP contribution in [0.3, 0.4) is 0 Å². The lowest BCUT2D eigenvalue weighted by Gasteiger charge is -2.10. The molecule has 0 unspecified atom stereocenters. The molecule has 8 heteroatoms. The number of aromatic nitrogens is 1. The Labute approximate surface area is 165 Å². The van der Waals surface area contributed by atoms with Crippen molar-refractivity contribution < 1.29 is 19.0 Å². The number of thiazole rings is 1. The van der Waals surface area contributed by atoms with Crippen LogP contribution < -0.4 is 19.2 Å². The van der Waals surface area contributed by atoms with E-state index in [9.17, 15) is 4.79 Å². The third-order valence-electron chi connectivity index (χ3n) is 4.08. The first-order chi connectivity index (χ1) is 13.6. The zero-order valence-electron chi connectivity index (χ0n) is 15.3. The predicted molar refractivity (Wildman–Crippen MR) is 107 cm³/mol. The van der Waals surface area contributed by atoms with E-state index >= 15 is 0 Å². The van der Waals surface area contributed by atoms with Crippen LogP contribution in [-0.4, -0.2) is 31.0 Å². The summed E-state index contributed by atoms with van der Waals surface area (Å²) in [5.41, 5.74) is 2.50. The standard InChI is InChI=1S/C20H17N3O4S/c1-13(24)23(21-10-14-3-8-18-19(9-14)27-12-26-18)20-22-17(11-28-20)15-4-6-16(25-2)7-5-15/h3-11H,12H2,1-2H3/b21-10-. The second kappa shape index (κ2) is 7.69. The van der Waals surface area contributed by atoms with E-state index in [-0.39, 0.29) is 12.7 Å². The maximum absolute atomic E-state index is 12.1. The molecule has 0 bridgehead atoms. The molecule has 4 rings (SSSR count). The fraction of sp³-hybridized carbons (Fsp3) is 0.150. The lowest BCUT2D eigenvalue weighted by molar-refractivity contribution is -0.116. The van der Waals surface area contributed by atoms with E-state index < -0.39 is 0 Å².